The van der Waals surface area contributed by atoms with Crippen LogP contribution in [0.25, 0.3) is 0 Å². The van der Waals surface area contributed by atoms with Gasteiger partial charge in [-0.3, -0.25) is 4.79 Å². The van der Waals surface area contributed by atoms with Crippen LogP contribution in [0.15, 0.2) is 97.1 Å². The molecule has 0 saturated carbocycles. The van der Waals surface area contributed by atoms with Crippen LogP contribution in [0, 0.1) is 5.92 Å². The van der Waals surface area contributed by atoms with Gasteiger partial charge in [0.15, 0.2) is 5.54 Å². The molecule has 0 N–H and O–H groups in total. The molecule has 5 heteroatoms. The highest BCUT2D eigenvalue weighted by molar-refractivity contribution is 5.99. The zero-order valence-corrected chi connectivity index (χ0v) is 23.3. The van der Waals surface area contributed by atoms with Crippen LogP contribution in [-0.4, -0.2) is 40.5 Å². The van der Waals surface area contributed by atoms with Gasteiger partial charge in [-0.2, -0.15) is 0 Å². The fraction of sp³-hybridized carbons (Fsp3) is 0.314. The van der Waals surface area contributed by atoms with E-state index in [4.69, 9.17) is 4.74 Å². The second kappa shape index (κ2) is 10.8. The predicted molar refractivity (Wildman–Crippen MR) is 156 cm³/mol. The van der Waals surface area contributed by atoms with Gasteiger partial charge in [0.05, 0.1) is 7.11 Å². The lowest BCUT2D eigenvalue weighted by atomic mass is 9.75. The Labute approximate surface area is 236 Å². The molecule has 4 aromatic rings. The summed E-state index contributed by atoms with van der Waals surface area (Å²) >= 11 is 0. The number of benzene rings is 3. The van der Waals surface area contributed by atoms with Gasteiger partial charge in [-0.1, -0.05) is 92.2 Å². The molecule has 1 saturated heterocycles. The van der Waals surface area contributed by atoms with E-state index >= 15 is 0 Å². The van der Waals surface area contributed by atoms with Crippen molar-refractivity contribution in [1.29, 1.82) is 0 Å². The summed E-state index contributed by atoms with van der Waals surface area (Å²) in [5, 5.41) is 0. The summed E-state index contributed by atoms with van der Waals surface area (Å²) < 4.78 is 8.06. The molecule has 5 nitrogen and oxygen atoms in total. The van der Waals surface area contributed by atoms with Crippen LogP contribution >= 0.6 is 0 Å². The number of amides is 1. The summed E-state index contributed by atoms with van der Waals surface area (Å²) in [7, 11) is 1.45. The first-order valence-corrected chi connectivity index (χ1v) is 14.3. The molecule has 3 atom stereocenters. The Kier molecular flexibility index (Phi) is 7.05. The van der Waals surface area contributed by atoms with Gasteiger partial charge in [0.2, 0.25) is 0 Å². The van der Waals surface area contributed by atoms with Crippen LogP contribution in [0.3, 0.4) is 0 Å². The first kappa shape index (κ1) is 26.1. The zero-order valence-electron chi connectivity index (χ0n) is 23.3. The number of esters is 1. The second-order valence-electron chi connectivity index (χ2n) is 11.2. The highest BCUT2D eigenvalue weighted by Crippen LogP contribution is 2.55. The molecule has 2 aliphatic rings. The summed E-state index contributed by atoms with van der Waals surface area (Å²) in [5.74, 6) is -0.460. The largest absolute Gasteiger partial charge is 0.467 e. The third-order valence-electron chi connectivity index (χ3n) is 8.81. The van der Waals surface area contributed by atoms with E-state index < -0.39 is 5.54 Å². The van der Waals surface area contributed by atoms with E-state index in [0.717, 1.165) is 31.4 Å². The van der Waals surface area contributed by atoms with E-state index in [1.807, 2.05) is 71.6 Å². The molecule has 0 radical (unpaired) electrons. The number of carbonyl (C=O) groups is 2. The predicted octanol–water partition coefficient (Wildman–Crippen LogP) is 6.06. The third-order valence-corrected chi connectivity index (χ3v) is 8.81. The smallest absolute Gasteiger partial charge is 0.332 e. The summed E-state index contributed by atoms with van der Waals surface area (Å²) in [6.07, 6.45) is 3.25. The fourth-order valence-corrected chi connectivity index (χ4v) is 7.20. The maximum absolute atomic E-state index is 14.1. The second-order valence-corrected chi connectivity index (χ2v) is 11.2. The molecule has 0 bridgehead atoms. The van der Waals surface area contributed by atoms with Crippen LogP contribution in [0.2, 0.25) is 0 Å². The molecular weight excluding hydrogens is 496 g/mol. The number of likely N-dealkylation sites (tertiary alicyclic amines) is 1. The monoisotopic (exact) mass is 532 g/mol. The lowest BCUT2D eigenvalue weighted by Gasteiger charge is -2.40. The maximum Gasteiger partial charge on any atom is 0.332 e. The number of rotatable bonds is 8. The summed E-state index contributed by atoms with van der Waals surface area (Å²) in [4.78, 5) is 30.1. The lowest BCUT2D eigenvalue weighted by Crippen LogP contribution is -2.58. The highest BCUT2D eigenvalue weighted by Gasteiger charge is 2.64. The molecule has 1 fully saturated rings. The van der Waals surface area contributed by atoms with Gasteiger partial charge in [-0.15, -0.1) is 0 Å². The van der Waals surface area contributed by atoms with E-state index in [1.54, 1.807) is 0 Å². The fourth-order valence-electron chi connectivity index (χ4n) is 7.20. The minimum atomic E-state index is -1.14. The van der Waals surface area contributed by atoms with Crippen LogP contribution in [0.1, 0.15) is 57.7 Å². The standard InChI is InChI=1S/C35H36N2O3/c1-3-13-29-21-30-31(36(29)23-26-16-9-5-10-17-26)20-28-24-37(33(38)27-18-11-6-12-19-27)35(32(28)30,34(39)40-2)22-25-14-7-4-8-15-25/h4-12,14-19,21,28,32H,3,13,20,22-24H2,1-2H3/t28-,32+,35+/m0/s1. The Balaban J connectivity index is 1.51. The molecule has 1 amide bonds. The van der Waals surface area contributed by atoms with Crippen LogP contribution in [0.4, 0.5) is 0 Å². The molecule has 3 aromatic carbocycles. The molecule has 1 aliphatic carbocycles. The SMILES string of the molecule is CCCc1cc2c(n1Cc1ccccc1)C[C@H]1CN(C(=O)c3ccccc3)[C@@](Cc3ccccc3)(C(=O)OC)[C@@H]21. The van der Waals surface area contributed by atoms with Crippen LogP contribution < -0.4 is 0 Å². The summed E-state index contributed by atoms with van der Waals surface area (Å²) in [6, 6.07) is 32.3. The summed E-state index contributed by atoms with van der Waals surface area (Å²) in [5.41, 5.74) is 5.54. The van der Waals surface area contributed by atoms with Gasteiger partial charge in [-0.25, -0.2) is 4.79 Å². The van der Waals surface area contributed by atoms with Gasteiger partial charge >= 0.3 is 5.97 Å². The van der Waals surface area contributed by atoms with Crippen molar-refractivity contribution >= 4 is 11.9 Å². The van der Waals surface area contributed by atoms with Crippen LogP contribution in [0.5, 0.6) is 0 Å². The normalized spacial score (nSPS) is 21.2. The van der Waals surface area contributed by atoms with Crippen molar-refractivity contribution in [2.24, 2.45) is 5.92 Å². The maximum atomic E-state index is 14.1. The van der Waals surface area contributed by atoms with Gasteiger partial charge in [0.1, 0.15) is 0 Å². The lowest BCUT2D eigenvalue weighted by molar-refractivity contribution is -0.153. The zero-order chi connectivity index (χ0) is 27.7. The van der Waals surface area contributed by atoms with E-state index in [0.29, 0.717) is 18.5 Å². The number of hydrogen-bond acceptors (Lipinski definition) is 3. The van der Waals surface area contributed by atoms with E-state index in [-0.39, 0.29) is 23.7 Å². The Morgan fingerprint density at radius 2 is 1.52 bits per heavy atom. The van der Waals surface area contributed by atoms with Gasteiger partial charge in [-0.05, 0) is 53.6 Å². The Bertz CT molecular complexity index is 1500. The first-order valence-electron chi connectivity index (χ1n) is 14.3. The number of aromatic nitrogens is 1. The molecule has 6 rings (SSSR count). The average molecular weight is 533 g/mol. The third kappa shape index (κ3) is 4.34. The molecule has 1 aromatic heterocycles. The van der Waals surface area contributed by atoms with Gasteiger partial charge < -0.3 is 14.2 Å². The number of carbonyl (C=O) groups excluding carboxylic acids is 2. The Morgan fingerprint density at radius 1 is 0.900 bits per heavy atom. The van der Waals surface area contributed by atoms with Gasteiger partial charge in [0.25, 0.3) is 5.91 Å². The Hall–Kier alpha value is -4.12. The Morgan fingerprint density at radius 3 is 2.15 bits per heavy atom. The number of nitrogens with zero attached hydrogens (tertiary/aromatic N) is 2. The number of ether oxygens (including phenoxy) is 1. The first-order chi connectivity index (χ1) is 19.6. The topological polar surface area (TPSA) is 51.5 Å². The molecule has 40 heavy (non-hydrogen) atoms. The van der Waals surface area contributed by atoms with Crippen molar-refractivity contribution in [2.45, 2.75) is 50.6 Å². The summed E-state index contributed by atoms with van der Waals surface area (Å²) in [6.45, 7) is 3.53. The van der Waals surface area contributed by atoms with E-state index in [2.05, 4.69) is 41.8 Å². The van der Waals surface area contributed by atoms with E-state index in [1.165, 1.54) is 29.6 Å². The molecule has 0 unspecified atom stereocenters. The molecule has 2 heterocycles. The minimum absolute atomic E-state index is 0.115. The van der Waals surface area contributed by atoms with Crippen molar-refractivity contribution < 1.29 is 14.3 Å². The minimum Gasteiger partial charge on any atom is -0.467 e. The highest BCUT2D eigenvalue weighted by atomic mass is 16.5. The van der Waals surface area contributed by atoms with Crippen molar-refractivity contribution in [3.63, 3.8) is 0 Å². The van der Waals surface area contributed by atoms with Crippen LogP contribution in [-0.2, 0) is 35.3 Å². The van der Waals surface area contributed by atoms with Crippen molar-refractivity contribution in [2.75, 3.05) is 13.7 Å². The molecular formula is C35H36N2O3. The number of aryl methyl sites for hydroxylation is 1. The number of hydrogen-bond donors (Lipinski definition) is 0. The van der Waals surface area contributed by atoms with Crippen molar-refractivity contribution in [1.82, 2.24) is 9.47 Å². The molecule has 1 aliphatic heterocycles. The quantitative estimate of drug-likeness (QED) is 0.260. The number of methoxy groups -OCH3 is 1. The molecule has 204 valence electrons. The van der Waals surface area contributed by atoms with Gasteiger partial charge in [0, 0.05) is 42.4 Å². The van der Waals surface area contributed by atoms with Crippen molar-refractivity contribution in [3.05, 3.63) is 131 Å². The van der Waals surface area contributed by atoms with E-state index in [9.17, 15) is 9.59 Å². The number of fused-ring (bicyclic) bond motifs is 3. The average Bonchev–Trinajstić information content (AvgIpc) is 3.62. The van der Waals surface area contributed by atoms with Crippen molar-refractivity contribution in [3.8, 4) is 0 Å². The molecule has 0 spiro atoms.